The van der Waals surface area contributed by atoms with Gasteiger partial charge in [0.25, 0.3) is 0 Å². The van der Waals surface area contributed by atoms with Gasteiger partial charge in [0.2, 0.25) is 0 Å². The average Bonchev–Trinajstić information content (AvgIpc) is 2.74. The molecule has 0 N–H and O–H groups in total. The molecule has 0 aliphatic heterocycles. The summed E-state index contributed by atoms with van der Waals surface area (Å²) < 4.78 is 2.14. The quantitative estimate of drug-likeness (QED) is 0.773. The van der Waals surface area contributed by atoms with Crippen molar-refractivity contribution in [3.05, 3.63) is 57.9 Å². The van der Waals surface area contributed by atoms with E-state index in [-0.39, 0.29) is 5.57 Å². The molecule has 2 rings (SSSR count). The maximum absolute atomic E-state index is 8.89. The average molecular weight is 275 g/mol. The molecule has 0 unspecified atom stereocenters. The standard InChI is InChI=1S/C18H17N3/c1-12-5-6-18(7-13(12)2)21-14(3)8-17(15(21)4)9-16(10-19)11-20/h5-9H,1-4H3. The lowest BCUT2D eigenvalue weighted by Gasteiger charge is -2.11. The van der Waals surface area contributed by atoms with E-state index in [0.29, 0.717) is 0 Å². The molecule has 0 bridgehead atoms. The number of nitrogens with zero attached hydrogens (tertiary/aromatic N) is 3. The number of rotatable bonds is 2. The Morgan fingerprint density at radius 2 is 1.67 bits per heavy atom. The summed E-state index contributed by atoms with van der Waals surface area (Å²) in [7, 11) is 0. The van der Waals surface area contributed by atoms with Gasteiger partial charge in [0.05, 0.1) is 0 Å². The van der Waals surface area contributed by atoms with Crippen LogP contribution < -0.4 is 0 Å². The number of aromatic nitrogens is 1. The molecule has 0 spiro atoms. The molecule has 2 aromatic rings. The molecule has 1 heterocycles. The predicted octanol–water partition coefficient (Wildman–Crippen LogP) is 4.14. The Bertz CT molecular complexity index is 792. The molecular formula is C18H17N3. The maximum atomic E-state index is 8.89. The van der Waals surface area contributed by atoms with Crippen molar-refractivity contribution < 1.29 is 0 Å². The molecule has 0 saturated heterocycles. The van der Waals surface area contributed by atoms with Crippen LogP contribution in [-0.2, 0) is 0 Å². The second-order valence-corrected chi connectivity index (χ2v) is 5.21. The van der Waals surface area contributed by atoms with E-state index in [4.69, 9.17) is 10.5 Å². The van der Waals surface area contributed by atoms with Crippen LogP contribution in [0.4, 0.5) is 0 Å². The normalized spacial score (nSPS) is 9.81. The first-order chi connectivity index (χ1) is 9.97. The Hall–Kier alpha value is -2.78. The molecule has 0 aliphatic rings. The summed E-state index contributed by atoms with van der Waals surface area (Å²) in [6, 6.07) is 12.2. The van der Waals surface area contributed by atoms with Gasteiger partial charge in [0, 0.05) is 17.1 Å². The van der Waals surface area contributed by atoms with Gasteiger partial charge >= 0.3 is 0 Å². The Labute approximate surface area is 125 Å². The van der Waals surface area contributed by atoms with E-state index < -0.39 is 0 Å². The molecule has 104 valence electrons. The molecule has 3 nitrogen and oxygen atoms in total. The minimum atomic E-state index is 0.121. The molecule has 0 atom stereocenters. The highest BCUT2D eigenvalue weighted by Crippen LogP contribution is 2.24. The number of allylic oxidation sites excluding steroid dienone is 1. The lowest BCUT2D eigenvalue weighted by molar-refractivity contribution is 0.961. The van der Waals surface area contributed by atoms with Crippen LogP contribution in [-0.4, -0.2) is 4.57 Å². The first-order valence-electron chi connectivity index (χ1n) is 6.76. The second-order valence-electron chi connectivity index (χ2n) is 5.21. The number of aryl methyl sites for hydroxylation is 3. The van der Waals surface area contributed by atoms with Crippen molar-refractivity contribution in [2.75, 3.05) is 0 Å². The summed E-state index contributed by atoms with van der Waals surface area (Å²) in [5.74, 6) is 0. The van der Waals surface area contributed by atoms with E-state index in [1.165, 1.54) is 11.1 Å². The zero-order valence-electron chi connectivity index (χ0n) is 12.7. The van der Waals surface area contributed by atoms with Gasteiger partial charge in [0.1, 0.15) is 17.7 Å². The Morgan fingerprint density at radius 1 is 1.00 bits per heavy atom. The predicted molar refractivity (Wildman–Crippen MR) is 83.9 cm³/mol. The third-order valence-electron chi connectivity index (χ3n) is 3.76. The smallest absolute Gasteiger partial charge is 0.130 e. The molecule has 0 aliphatic carbocycles. The van der Waals surface area contributed by atoms with E-state index in [2.05, 4.69) is 36.6 Å². The van der Waals surface area contributed by atoms with Crippen LogP contribution in [0.3, 0.4) is 0 Å². The topological polar surface area (TPSA) is 52.5 Å². The van der Waals surface area contributed by atoms with Crippen LogP contribution in [0.1, 0.15) is 28.1 Å². The molecular weight excluding hydrogens is 258 g/mol. The third-order valence-corrected chi connectivity index (χ3v) is 3.76. The van der Waals surface area contributed by atoms with Crippen LogP contribution in [0.2, 0.25) is 0 Å². The van der Waals surface area contributed by atoms with Gasteiger partial charge in [-0.2, -0.15) is 10.5 Å². The van der Waals surface area contributed by atoms with E-state index >= 15 is 0 Å². The zero-order valence-corrected chi connectivity index (χ0v) is 12.7. The van der Waals surface area contributed by atoms with E-state index in [9.17, 15) is 0 Å². The minimum absolute atomic E-state index is 0.121. The van der Waals surface area contributed by atoms with E-state index in [0.717, 1.165) is 22.6 Å². The fourth-order valence-corrected chi connectivity index (χ4v) is 2.44. The van der Waals surface area contributed by atoms with Gasteiger partial charge in [-0.15, -0.1) is 0 Å². The fourth-order valence-electron chi connectivity index (χ4n) is 2.44. The van der Waals surface area contributed by atoms with Crippen molar-refractivity contribution >= 4 is 6.08 Å². The van der Waals surface area contributed by atoms with Crippen molar-refractivity contribution in [1.29, 1.82) is 10.5 Å². The van der Waals surface area contributed by atoms with Crippen molar-refractivity contribution in [3.8, 4) is 17.8 Å². The molecule has 0 radical (unpaired) electrons. The Kier molecular flexibility index (Phi) is 3.96. The Morgan fingerprint density at radius 3 is 2.24 bits per heavy atom. The summed E-state index contributed by atoms with van der Waals surface area (Å²) >= 11 is 0. The summed E-state index contributed by atoms with van der Waals surface area (Å²) in [5.41, 5.74) is 6.74. The van der Waals surface area contributed by atoms with Crippen LogP contribution in [0, 0.1) is 50.4 Å². The van der Waals surface area contributed by atoms with Crippen molar-refractivity contribution in [1.82, 2.24) is 4.57 Å². The summed E-state index contributed by atoms with van der Waals surface area (Å²) in [5, 5.41) is 17.8. The monoisotopic (exact) mass is 275 g/mol. The molecule has 0 fully saturated rings. The van der Waals surface area contributed by atoms with Crippen LogP contribution in [0.25, 0.3) is 11.8 Å². The SMILES string of the molecule is Cc1ccc(-n2c(C)cc(C=C(C#N)C#N)c2C)cc1C. The molecule has 1 aromatic carbocycles. The van der Waals surface area contributed by atoms with Gasteiger partial charge in [-0.25, -0.2) is 0 Å². The molecule has 0 saturated carbocycles. The number of hydrogen-bond donors (Lipinski definition) is 0. The first kappa shape index (κ1) is 14.6. The van der Waals surface area contributed by atoms with Crippen molar-refractivity contribution in [2.24, 2.45) is 0 Å². The molecule has 1 aromatic heterocycles. The van der Waals surface area contributed by atoms with E-state index in [1.54, 1.807) is 6.08 Å². The van der Waals surface area contributed by atoms with Crippen LogP contribution in [0.15, 0.2) is 29.8 Å². The number of benzene rings is 1. The second kappa shape index (κ2) is 5.69. The van der Waals surface area contributed by atoms with Crippen LogP contribution >= 0.6 is 0 Å². The van der Waals surface area contributed by atoms with Crippen molar-refractivity contribution in [2.45, 2.75) is 27.7 Å². The third kappa shape index (κ3) is 2.73. The van der Waals surface area contributed by atoms with Gasteiger partial charge in [-0.1, -0.05) is 6.07 Å². The van der Waals surface area contributed by atoms with Crippen LogP contribution in [0.5, 0.6) is 0 Å². The number of nitriles is 2. The minimum Gasteiger partial charge on any atom is -0.318 e. The van der Waals surface area contributed by atoms with Gasteiger partial charge in [0.15, 0.2) is 0 Å². The lowest BCUT2D eigenvalue weighted by Crippen LogP contribution is -2.00. The van der Waals surface area contributed by atoms with Gasteiger partial charge in [-0.05, 0) is 68.7 Å². The van der Waals surface area contributed by atoms with E-state index in [1.807, 2.05) is 32.1 Å². The van der Waals surface area contributed by atoms with Gasteiger partial charge in [-0.3, -0.25) is 0 Å². The lowest BCUT2D eigenvalue weighted by atomic mass is 10.1. The maximum Gasteiger partial charge on any atom is 0.130 e. The highest BCUT2D eigenvalue weighted by atomic mass is 15.0. The van der Waals surface area contributed by atoms with Crippen molar-refractivity contribution in [3.63, 3.8) is 0 Å². The number of hydrogen-bond acceptors (Lipinski definition) is 2. The molecule has 21 heavy (non-hydrogen) atoms. The summed E-state index contributed by atoms with van der Waals surface area (Å²) in [6.07, 6.45) is 1.64. The largest absolute Gasteiger partial charge is 0.318 e. The summed E-state index contributed by atoms with van der Waals surface area (Å²) in [6.45, 7) is 8.21. The van der Waals surface area contributed by atoms with Gasteiger partial charge < -0.3 is 4.57 Å². The first-order valence-corrected chi connectivity index (χ1v) is 6.76. The summed E-state index contributed by atoms with van der Waals surface area (Å²) in [4.78, 5) is 0. The zero-order chi connectivity index (χ0) is 15.6. The molecule has 0 amide bonds. The highest BCUT2D eigenvalue weighted by Gasteiger charge is 2.10. The molecule has 3 heteroatoms. The Balaban J connectivity index is 2.60. The highest BCUT2D eigenvalue weighted by molar-refractivity contribution is 5.65. The fraction of sp³-hybridized carbons (Fsp3) is 0.222.